The van der Waals surface area contributed by atoms with Gasteiger partial charge in [0.15, 0.2) is 0 Å². The van der Waals surface area contributed by atoms with E-state index in [0.717, 1.165) is 29.3 Å². The molecule has 2 aromatic carbocycles. The van der Waals surface area contributed by atoms with Gasteiger partial charge in [-0.2, -0.15) is 11.8 Å². The Bertz CT molecular complexity index is 1100. The molecule has 33 heavy (non-hydrogen) atoms. The second-order valence-electron chi connectivity index (χ2n) is 7.91. The number of nitrogens with zero attached hydrogens (tertiary/aromatic N) is 1. The van der Waals surface area contributed by atoms with E-state index in [0.29, 0.717) is 18.2 Å². The van der Waals surface area contributed by atoms with Crippen molar-refractivity contribution in [3.8, 4) is 0 Å². The number of hydrogen-bond acceptors (Lipinski definition) is 5. The van der Waals surface area contributed by atoms with Crippen LogP contribution in [0.2, 0.25) is 0 Å². The van der Waals surface area contributed by atoms with Crippen molar-refractivity contribution in [2.75, 3.05) is 23.1 Å². The fourth-order valence-corrected chi connectivity index (χ4v) is 5.52. The molecule has 3 aromatic rings. The number of carbonyl (C=O) groups excluding carboxylic acids is 1. The van der Waals surface area contributed by atoms with E-state index in [1.807, 2.05) is 24.3 Å². The van der Waals surface area contributed by atoms with Gasteiger partial charge in [-0.1, -0.05) is 44.2 Å². The van der Waals surface area contributed by atoms with Gasteiger partial charge in [-0.05, 0) is 60.1 Å². The van der Waals surface area contributed by atoms with Gasteiger partial charge in [0, 0.05) is 6.54 Å². The molecule has 176 valence electrons. The quantitative estimate of drug-likeness (QED) is 0.363. The van der Waals surface area contributed by atoms with Crippen LogP contribution in [0.15, 0.2) is 82.3 Å². The highest BCUT2D eigenvalue weighted by molar-refractivity contribution is 7.98. The van der Waals surface area contributed by atoms with Crippen molar-refractivity contribution < 1.29 is 17.6 Å². The van der Waals surface area contributed by atoms with Gasteiger partial charge in [0.25, 0.3) is 10.0 Å². The first kappa shape index (κ1) is 24.9. The number of amides is 1. The number of thioether (sulfide) groups is 1. The molecule has 0 aliphatic carbocycles. The lowest BCUT2D eigenvalue weighted by molar-refractivity contribution is -0.119. The molecule has 0 bridgehead atoms. The third-order valence-electron chi connectivity index (χ3n) is 5.08. The summed E-state index contributed by atoms with van der Waals surface area (Å²) < 4.78 is 33.2. The molecule has 0 saturated heterocycles. The maximum Gasteiger partial charge on any atom is 0.264 e. The first-order valence-corrected chi connectivity index (χ1v) is 13.5. The Balaban J connectivity index is 1.63. The molecule has 0 aliphatic rings. The first-order valence-electron chi connectivity index (χ1n) is 10.9. The average Bonchev–Trinajstić information content (AvgIpc) is 3.34. The van der Waals surface area contributed by atoms with Crippen LogP contribution in [0.5, 0.6) is 0 Å². The second-order valence-corrected chi connectivity index (χ2v) is 10.9. The Kier molecular flexibility index (Phi) is 9.03. The molecule has 0 fully saturated rings. The van der Waals surface area contributed by atoms with Crippen LogP contribution < -0.4 is 9.62 Å². The number of carbonyl (C=O) groups is 1. The Morgan fingerprint density at radius 1 is 1.03 bits per heavy atom. The predicted octanol–water partition coefficient (Wildman–Crippen LogP) is 5.04. The summed E-state index contributed by atoms with van der Waals surface area (Å²) in [5.74, 6) is 2.57. The first-order chi connectivity index (χ1) is 15.9. The van der Waals surface area contributed by atoms with E-state index in [9.17, 15) is 13.2 Å². The Morgan fingerprint density at radius 2 is 1.76 bits per heavy atom. The van der Waals surface area contributed by atoms with Crippen molar-refractivity contribution in [3.63, 3.8) is 0 Å². The Labute approximate surface area is 200 Å². The van der Waals surface area contributed by atoms with Crippen molar-refractivity contribution in [2.24, 2.45) is 0 Å². The zero-order valence-corrected chi connectivity index (χ0v) is 20.6. The summed E-state index contributed by atoms with van der Waals surface area (Å²) >= 11 is 1.73. The average molecular weight is 487 g/mol. The summed E-state index contributed by atoms with van der Waals surface area (Å²) in [7, 11) is -3.89. The number of rotatable bonds is 12. The maximum absolute atomic E-state index is 13.3. The lowest BCUT2D eigenvalue weighted by atomic mass is 10.0. The van der Waals surface area contributed by atoms with Crippen LogP contribution in [0, 0.1) is 0 Å². The number of nitrogens with one attached hydrogen (secondary N) is 1. The molecule has 0 saturated carbocycles. The molecule has 1 aromatic heterocycles. The fraction of sp³-hybridized carbons (Fsp3) is 0.320. The van der Waals surface area contributed by atoms with Crippen molar-refractivity contribution in [3.05, 3.63) is 84.3 Å². The molecule has 0 radical (unpaired) electrons. The van der Waals surface area contributed by atoms with Crippen LogP contribution in [0.3, 0.4) is 0 Å². The van der Waals surface area contributed by atoms with E-state index in [1.54, 1.807) is 60.5 Å². The van der Waals surface area contributed by atoms with Crippen LogP contribution in [0.1, 0.15) is 37.5 Å². The highest BCUT2D eigenvalue weighted by Gasteiger charge is 2.27. The largest absolute Gasteiger partial charge is 0.468 e. The minimum atomic E-state index is -3.89. The van der Waals surface area contributed by atoms with Gasteiger partial charge in [0.1, 0.15) is 12.3 Å². The van der Waals surface area contributed by atoms with Crippen molar-refractivity contribution in [2.45, 2.75) is 36.8 Å². The van der Waals surface area contributed by atoms with Crippen LogP contribution >= 0.6 is 11.8 Å². The summed E-state index contributed by atoms with van der Waals surface area (Å²) in [6.45, 7) is 4.36. The molecule has 1 amide bonds. The van der Waals surface area contributed by atoms with Crippen molar-refractivity contribution in [1.29, 1.82) is 0 Å². The molecule has 8 heteroatoms. The van der Waals surface area contributed by atoms with Crippen LogP contribution in [0.25, 0.3) is 0 Å². The van der Waals surface area contributed by atoms with E-state index in [2.05, 4.69) is 19.2 Å². The Morgan fingerprint density at radius 3 is 2.39 bits per heavy atom. The summed E-state index contributed by atoms with van der Waals surface area (Å²) in [6.07, 6.45) is 2.44. The fourth-order valence-electron chi connectivity index (χ4n) is 3.22. The van der Waals surface area contributed by atoms with Gasteiger partial charge in [-0.15, -0.1) is 0 Å². The highest BCUT2D eigenvalue weighted by atomic mass is 32.2. The molecular formula is C25H30N2O4S2. The Hall–Kier alpha value is -2.71. The molecule has 0 aliphatic heterocycles. The molecule has 0 spiro atoms. The molecule has 0 unspecified atom stereocenters. The zero-order valence-electron chi connectivity index (χ0n) is 18.9. The molecule has 0 atom stereocenters. The normalized spacial score (nSPS) is 11.5. The van der Waals surface area contributed by atoms with Gasteiger partial charge in [-0.25, -0.2) is 8.42 Å². The second kappa shape index (κ2) is 12.0. The standard InChI is InChI=1S/C25H30N2O4S2/c1-20(2)21-11-13-22(14-12-21)27(33(29,30)24-9-4-3-5-10-24)18-25(28)26-15-7-17-32-19-23-8-6-16-31-23/h3-6,8-14,16,20H,7,15,17-19H2,1-2H3,(H,26,28). The highest BCUT2D eigenvalue weighted by Crippen LogP contribution is 2.25. The van der Waals surface area contributed by atoms with Gasteiger partial charge in [-0.3, -0.25) is 9.10 Å². The van der Waals surface area contributed by atoms with Gasteiger partial charge in [0.2, 0.25) is 5.91 Å². The third kappa shape index (κ3) is 7.14. The van der Waals surface area contributed by atoms with E-state index < -0.39 is 10.0 Å². The molecule has 3 rings (SSSR count). The van der Waals surface area contributed by atoms with E-state index in [4.69, 9.17) is 4.42 Å². The monoisotopic (exact) mass is 486 g/mol. The van der Waals surface area contributed by atoms with Crippen molar-refractivity contribution >= 4 is 33.4 Å². The molecular weight excluding hydrogens is 456 g/mol. The van der Waals surface area contributed by atoms with Gasteiger partial charge >= 0.3 is 0 Å². The number of sulfonamides is 1. The predicted molar refractivity (Wildman–Crippen MR) is 134 cm³/mol. The minimum Gasteiger partial charge on any atom is -0.468 e. The van der Waals surface area contributed by atoms with Crippen LogP contribution in [0.4, 0.5) is 5.69 Å². The lowest BCUT2D eigenvalue weighted by Crippen LogP contribution is -2.41. The topological polar surface area (TPSA) is 79.6 Å². The molecule has 6 nitrogen and oxygen atoms in total. The summed E-state index contributed by atoms with van der Waals surface area (Å²) in [6, 6.07) is 19.3. The van der Waals surface area contributed by atoms with E-state index in [-0.39, 0.29) is 17.3 Å². The van der Waals surface area contributed by atoms with E-state index >= 15 is 0 Å². The lowest BCUT2D eigenvalue weighted by Gasteiger charge is -2.24. The van der Waals surface area contributed by atoms with Crippen LogP contribution in [-0.4, -0.2) is 33.2 Å². The zero-order chi connectivity index (χ0) is 23.7. The van der Waals surface area contributed by atoms with Crippen LogP contribution in [-0.2, 0) is 20.6 Å². The number of furan rings is 1. The summed E-state index contributed by atoms with van der Waals surface area (Å²) in [5.41, 5.74) is 1.57. The number of benzene rings is 2. The SMILES string of the molecule is CC(C)c1ccc(N(CC(=O)NCCCSCc2ccco2)S(=O)(=O)c2ccccc2)cc1. The number of hydrogen-bond donors (Lipinski definition) is 1. The smallest absolute Gasteiger partial charge is 0.264 e. The van der Waals surface area contributed by atoms with E-state index in [1.165, 1.54) is 4.31 Å². The van der Waals surface area contributed by atoms with Crippen molar-refractivity contribution in [1.82, 2.24) is 5.32 Å². The summed E-state index contributed by atoms with van der Waals surface area (Å²) in [4.78, 5) is 12.8. The molecule has 1 N–H and O–H groups in total. The minimum absolute atomic E-state index is 0.153. The molecule has 1 heterocycles. The van der Waals surface area contributed by atoms with Gasteiger partial charge < -0.3 is 9.73 Å². The third-order valence-corrected chi connectivity index (χ3v) is 7.93. The summed E-state index contributed by atoms with van der Waals surface area (Å²) in [5, 5.41) is 2.85. The van der Waals surface area contributed by atoms with Gasteiger partial charge in [0.05, 0.1) is 22.6 Å². The maximum atomic E-state index is 13.3. The number of anilines is 1.